The van der Waals surface area contributed by atoms with E-state index in [1.54, 1.807) is 0 Å². The zero-order chi connectivity index (χ0) is 35.6. The van der Waals surface area contributed by atoms with Crippen LogP contribution < -0.4 is 4.90 Å². The monoisotopic (exact) mass is 686 g/mol. The Balaban J connectivity index is 1.25. The van der Waals surface area contributed by atoms with E-state index in [4.69, 9.17) is 0 Å². The number of nitrogens with zero attached hydrogens (tertiary/aromatic N) is 2. The van der Waals surface area contributed by atoms with E-state index < -0.39 is 0 Å². The first-order chi connectivity index (χ1) is 26.8. The van der Waals surface area contributed by atoms with E-state index in [1.165, 1.54) is 70.9 Å². The summed E-state index contributed by atoms with van der Waals surface area (Å²) >= 11 is 0. The molecule has 0 unspecified atom stereocenters. The van der Waals surface area contributed by atoms with Gasteiger partial charge in [-0.1, -0.05) is 164 Å². The standard InChI is InChI=1S/C52H34N2/c1-4-14-35(15-5-1)42-22-10-11-24-46(42)54(47-33-29-39-27-26-37-18-12-19-38-28-31-44(47)51(39)50(37)38)41-30-32-45-49(34-41)53(40-20-8-3-9-21-40)48-25-13-23-43(52(45)48)36-16-6-2-7-17-36/h1-34H. The van der Waals surface area contributed by atoms with Gasteiger partial charge < -0.3 is 9.47 Å². The Morgan fingerprint density at radius 2 is 0.907 bits per heavy atom. The zero-order valence-corrected chi connectivity index (χ0v) is 29.5. The van der Waals surface area contributed by atoms with Gasteiger partial charge in [0.05, 0.1) is 22.4 Å². The first kappa shape index (κ1) is 30.5. The lowest BCUT2D eigenvalue weighted by molar-refractivity contribution is 1.18. The Bertz CT molecular complexity index is 3130. The molecule has 0 amide bonds. The van der Waals surface area contributed by atoms with Crippen LogP contribution in [0.25, 0.3) is 82.1 Å². The van der Waals surface area contributed by atoms with Gasteiger partial charge in [-0.05, 0) is 86.1 Å². The van der Waals surface area contributed by atoms with E-state index in [0.717, 1.165) is 28.3 Å². The lowest BCUT2D eigenvalue weighted by atomic mass is 9.92. The fourth-order valence-corrected chi connectivity index (χ4v) is 8.76. The molecular formula is C52H34N2. The zero-order valence-electron chi connectivity index (χ0n) is 29.5. The molecular weight excluding hydrogens is 653 g/mol. The molecule has 2 nitrogen and oxygen atoms in total. The van der Waals surface area contributed by atoms with Gasteiger partial charge in [0.15, 0.2) is 0 Å². The highest BCUT2D eigenvalue weighted by molar-refractivity contribution is 6.26. The minimum atomic E-state index is 1.10. The van der Waals surface area contributed by atoms with Crippen molar-refractivity contribution < 1.29 is 0 Å². The van der Waals surface area contributed by atoms with E-state index >= 15 is 0 Å². The lowest BCUT2D eigenvalue weighted by Gasteiger charge is -2.30. The highest BCUT2D eigenvalue weighted by atomic mass is 15.1. The molecule has 11 rings (SSSR count). The van der Waals surface area contributed by atoms with Crippen molar-refractivity contribution in [3.8, 4) is 27.9 Å². The summed E-state index contributed by atoms with van der Waals surface area (Å²) in [6, 6.07) is 75.3. The maximum Gasteiger partial charge on any atom is 0.0562 e. The van der Waals surface area contributed by atoms with Crippen LogP contribution >= 0.6 is 0 Å². The van der Waals surface area contributed by atoms with Crippen molar-refractivity contribution in [1.29, 1.82) is 0 Å². The molecule has 252 valence electrons. The van der Waals surface area contributed by atoms with Gasteiger partial charge in [0.1, 0.15) is 0 Å². The van der Waals surface area contributed by atoms with Crippen LogP contribution in [-0.4, -0.2) is 4.57 Å². The minimum absolute atomic E-state index is 1.10. The van der Waals surface area contributed by atoms with Gasteiger partial charge in [0, 0.05) is 33.1 Å². The molecule has 2 heteroatoms. The van der Waals surface area contributed by atoms with Crippen molar-refractivity contribution in [2.75, 3.05) is 4.90 Å². The smallest absolute Gasteiger partial charge is 0.0562 e. The Kier molecular flexibility index (Phi) is 6.90. The highest BCUT2D eigenvalue weighted by Gasteiger charge is 2.23. The molecule has 0 N–H and O–H groups in total. The molecule has 0 aliphatic carbocycles. The van der Waals surface area contributed by atoms with Crippen LogP contribution in [-0.2, 0) is 0 Å². The first-order valence-corrected chi connectivity index (χ1v) is 18.6. The molecule has 1 aromatic heterocycles. The number of benzene rings is 10. The van der Waals surface area contributed by atoms with Gasteiger partial charge >= 0.3 is 0 Å². The summed E-state index contributed by atoms with van der Waals surface area (Å²) in [6.07, 6.45) is 0. The Labute approximate surface area is 313 Å². The van der Waals surface area contributed by atoms with Crippen LogP contribution in [0.1, 0.15) is 0 Å². The van der Waals surface area contributed by atoms with Crippen LogP contribution in [0.4, 0.5) is 17.1 Å². The number of rotatable bonds is 6. The lowest BCUT2D eigenvalue weighted by Crippen LogP contribution is -2.12. The number of anilines is 3. The van der Waals surface area contributed by atoms with Gasteiger partial charge in [-0.15, -0.1) is 0 Å². The fraction of sp³-hybridized carbons (Fsp3) is 0. The first-order valence-electron chi connectivity index (χ1n) is 18.6. The van der Waals surface area contributed by atoms with E-state index in [9.17, 15) is 0 Å². The van der Waals surface area contributed by atoms with Gasteiger partial charge in [-0.3, -0.25) is 0 Å². The van der Waals surface area contributed by atoms with Crippen LogP contribution in [0, 0.1) is 0 Å². The average molecular weight is 687 g/mol. The fourth-order valence-electron chi connectivity index (χ4n) is 8.76. The van der Waals surface area contributed by atoms with Gasteiger partial charge in [-0.25, -0.2) is 0 Å². The summed E-state index contributed by atoms with van der Waals surface area (Å²) in [5.41, 5.74) is 11.7. The molecule has 0 atom stereocenters. The molecule has 0 spiro atoms. The highest BCUT2D eigenvalue weighted by Crippen LogP contribution is 2.48. The van der Waals surface area contributed by atoms with Crippen LogP contribution in [0.2, 0.25) is 0 Å². The van der Waals surface area contributed by atoms with E-state index in [1.807, 2.05) is 0 Å². The second-order valence-electron chi connectivity index (χ2n) is 14.1. The molecule has 0 aliphatic rings. The Hall–Kier alpha value is -7.16. The summed E-state index contributed by atoms with van der Waals surface area (Å²) in [5, 5.41) is 10.1. The summed E-state index contributed by atoms with van der Waals surface area (Å²) in [4.78, 5) is 2.48. The molecule has 0 bridgehead atoms. The Morgan fingerprint density at radius 3 is 1.67 bits per heavy atom. The SMILES string of the molecule is c1ccc(-c2ccccc2N(c2ccc3c4c(-c5ccccc5)cccc4n(-c4ccccc4)c3c2)c2ccc3ccc4cccc5ccc2c3c45)cc1. The molecule has 10 aromatic carbocycles. The van der Waals surface area contributed by atoms with Crippen LogP contribution in [0.15, 0.2) is 206 Å². The third-order valence-corrected chi connectivity index (χ3v) is 11.1. The molecule has 0 aliphatic heterocycles. The average Bonchev–Trinajstić information content (AvgIpc) is 3.58. The van der Waals surface area contributed by atoms with Crippen molar-refractivity contribution in [3.63, 3.8) is 0 Å². The van der Waals surface area contributed by atoms with Gasteiger partial charge in [0.25, 0.3) is 0 Å². The maximum absolute atomic E-state index is 2.48. The molecule has 0 radical (unpaired) electrons. The third-order valence-electron chi connectivity index (χ3n) is 11.1. The third kappa shape index (κ3) is 4.67. The number of para-hydroxylation sites is 2. The molecule has 54 heavy (non-hydrogen) atoms. The molecule has 0 saturated heterocycles. The quantitative estimate of drug-likeness (QED) is 0.158. The number of hydrogen-bond acceptors (Lipinski definition) is 1. The van der Waals surface area contributed by atoms with E-state index in [-0.39, 0.29) is 0 Å². The maximum atomic E-state index is 2.48. The van der Waals surface area contributed by atoms with Crippen LogP contribution in [0.3, 0.4) is 0 Å². The number of aromatic nitrogens is 1. The minimum Gasteiger partial charge on any atom is -0.309 e. The number of fused-ring (bicyclic) bond motifs is 3. The summed E-state index contributed by atoms with van der Waals surface area (Å²) in [5.74, 6) is 0. The van der Waals surface area contributed by atoms with Crippen LogP contribution in [0.5, 0.6) is 0 Å². The summed E-state index contributed by atoms with van der Waals surface area (Å²) in [7, 11) is 0. The van der Waals surface area contributed by atoms with Crippen molar-refractivity contribution in [3.05, 3.63) is 206 Å². The molecule has 0 fully saturated rings. The second-order valence-corrected chi connectivity index (χ2v) is 14.1. The van der Waals surface area contributed by atoms with Crippen molar-refractivity contribution in [2.24, 2.45) is 0 Å². The predicted molar refractivity (Wildman–Crippen MR) is 230 cm³/mol. The largest absolute Gasteiger partial charge is 0.309 e. The topological polar surface area (TPSA) is 8.17 Å². The summed E-state index contributed by atoms with van der Waals surface area (Å²) < 4.78 is 2.44. The van der Waals surface area contributed by atoms with Crippen molar-refractivity contribution >= 4 is 71.2 Å². The van der Waals surface area contributed by atoms with Gasteiger partial charge in [-0.2, -0.15) is 0 Å². The molecule has 11 aromatic rings. The second kappa shape index (κ2) is 12.2. The van der Waals surface area contributed by atoms with Crippen molar-refractivity contribution in [1.82, 2.24) is 4.57 Å². The Morgan fingerprint density at radius 1 is 0.333 bits per heavy atom. The predicted octanol–water partition coefficient (Wildman–Crippen LogP) is 14.5. The number of hydrogen-bond donors (Lipinski definition) is 0. The normalized spacial score (nSPS) is 11.7. The van der Waals surface area contributed by atoms with E-state index in [2.05, 4.69) is 216 Å². The van der Waals surface area contributed by atoms with Crippen molar-refractivity contribution in [2.45, 2.75) is 0 Å². The summed E-state index contributed by atoms with van der Waals surface area (Å²) in [6.45, 7) is 0. The molecule has 1 heterocycles. The van der Waals surface area contributed by atoms with Gasteiger partial charge in [0.2, 0.25) is 0 Å². The van der Waals surface area contributed by atoms with E-state index in [0.29, 0.717) is 0 Å². The molecule has 0 saturated carbocycles.